The second kappa shape index (κ2) is 7.07. The number of methoxy groups -OCH3 is 1. The number of ether oxygens (including phenoxy) is 1. The Kier molecular flexibility index (Phi) is 4.73. The van der Waals surface area contributed by atoms with Gasteiger partial charge in [0.05, 0.1) is 24.0 Å². The Morgan fingerprint density at radius 1 is 1.32 bits per heavy atom. The SMILES string of the molecule is [B]c1ccc(-n2ncc3c2NC(=O)CC3c2c(Cl)cc(O)c(OC)c2Cl)cc1. The molecule has 4 rings (SSSR count). The zero-order valence-electron chi connectivity index (χ0n) is 14.7. The van der Waals surface area contributed by atoms with Gasteiger partial charge in [-0.3, -0.25) is 4.79 Å². The molecular formula is C19H14BCl2N3O3. The van der Waals surface area contributed by atoms with Crippen LogP contribution in [0.15, 0.2) is 36.5 Å². The lowest BCUT2D eigenvalue weighted by Gasteiger charge is -2.26. The molecular weight excluding hydrogens is 400 g/mol. The number of fused-ring (bicyclic) bond motifs is 1. The predicted molar refractivity (Wildman–Crippen MR) is 109 cm³/mol. The first-order valence-corrected chi connectivity index (χ1v) is 9.14. The molecule has 1 amide bonds. The van der Waals surface area contributed by atoms with E-state index in [9.17, 15) is 9.90 Å². The normalized spacial score (nSPS) is 15.8. The summed E-state index contributed by atoms with van der Waals surface area (Å²) in [5.41, 5.74) is 2.64. The van der Waals surface area contributed by atoms with Crippen LogP contribution in [0.2, 0.25) is 10.0 Å². The number of phenolic OH excluding ortho intramolecular Hbond substituents is 1. The topological polar surface area (TPSA) is 76.4 Å². The molecule has 0 spiro atoms. The molecule has 1 aliphatic heterocycles. The first-order chi connectivity index (χ1) is 13.4. The maximum atomic E-state index is 12.5. The van der Waals surface area contributed by atoms with Gasteiger partial charge in [-0.05, 0) is 12.1 Å². The molecule has 0 bridgehead atoms. The van der Waals surface area contributed by atoms with E-state index >= 15 is 0 Å². The highest BCUT2D eigenvalue weighted by Crippen LogP contribution is 2.49. The summed E-state index contributed by atoms with van der Waals surface area (Å²) >= 11 is 12.8. The van der Waals surface area contributed by atoms with Crippen LogP contribution < -0.4 is 15.5 Å². The van der Waals surface area contributed by atoms with Gasteiger partial charge in [-0.25, -0.2) is 4.68 Å². The van der Waals surface area contributed by atoms with E-state index in [1.165, 1.54) is 13.2 Å². The van der Waals surface area contributed by atoms with Crippen LogP contribution in [0, 0.1) is 0 Å². The number of aromatic hydroxyl groups is 1. The van der Waals surface area contributed by atoms with Crippen molar-refractivity contribution in [2.45, 2.75) is 12.3 Å². The molecule has 2 aromatic carbocycles. The van der Waals surface area contributed by atoms with Crippen molar-refractivity contribution < 1.29 is 14.6 Å². The Labute approximate surface area is 172 Å². The molecule has 2 N–H and O–H groups in total. The van der Waals surface area contributed by atoms with Gasteiger partial charge in [0.1, 0.15) is 13.7 Å². The van der Waals surface area contributed by atoms with E-state index in [0.29, 0.717) is 16.8 Å². The molecule has 1 unspecified atom stereocenters. The average molecular weight is 414 g/mol. The lowest BCUT2D eigenvalue weighted by atomic mass is 9.87. The van der Waals surface area contributed by atoms with E-state index < -0.39 is 5.92 Å². The number of anilines is 1. The molecule has 2 heterocycles. The molecule has 3 aromatic rings. The highest BCUT2D eigenvalue weighted by atomic mass is 35.5. The van der Waals surface area contributed by atoms with Gasteiger partial charge in [-0.2, -0.15) is 5.10 Å². The van der Waals surface area contributed by atoms with Crippen molar-refractivity contribution in [3.05, 3.63) is 57.7 Å². The number of aromatic nitrogens is 2. The standard InChI is InChI=1S/C19H14BCl2N3O3/c1-28-18-14(26)7-13(21)16(17(18)22)11-6-15(27)24-19-12(11)8-23-25(19)10-4-2-9(20)3-5-10/h2-5,7-8,11,26H,6H2,1H3,(H,24,27). The van der Waals surface area contributed by atoms with Gasteiger partial charge >= 0.3 is 0 Å². The Morgan fingerprint density at radius 3 is 2.71 bits per heavy atom. The van der Waals surface area contributed by atoms with Crippen LogP contribution in [0.4, 0.5) is 5.82 Å². The molecule has 0 saturated carbocycles. The fourth-order valence-electron chi connectivity index (χ4n) is 3.41. The fraction of sp³-hybridized carbons (Fsp3) is 0.158. The van der Waals surface area contributed by atoms with Crippen molar-refractivity contribution in [2.24, 2.45) is 0 Å². The number of phenols is 1. The first-order valence-electron chi connectivity index (χ1n) is 8.39. The smallest absolute Gasteiger partial charge is 0.226 e. The number of nitrogens with one attached hydrogen (secondary N) is 1. The van der Waals surface area contributed by atoms with Gasteiger partial charge in [0, 0.05) is 34.6 Å². The minimum Gasteiger partial charge on any atom is -0.504 e. The highest BCUT2D eigenvalue weighted by molar-refractivity contribution is 6.37. The van der Waals surface area contributed by atoms with Crippen molar-refractivity contribution in [1.29, 1.82) is 0 Å². The van der Waals surface area contributed by atoms with Crippen LogP contribution in [-0.2, 0) is 4.79 Å². The quantitative estimate of drug-likeness (QED) is 0.646. The second-order valence-electron chi connectivity index (χ2n) is 6.40. The molecule has 28 heavy (non-hydrogen) atoms. The van der Waals surface area contributed by atoms with E-state index in [4.69, 9.17) is 35.8 Å². The summed E-state index contributed by atoms with van der Waals surface area (Å²) in [7, 11) is 7.15. The van der Waals surface area contributed by atoms with Crippen molar-refractivity contribution in [3.8, 4) is 17.2 Å². The number of hydrogen-bond acceptors (Lipinski definition) is 4. The largest absolute Gasteiger partial charge is 0.504 e. The maximum Gasteiger partial charge on any atom is 0.226 e. The third kappa shape index (κ3) is 3.00. The zero-order valence-corrected chi connectivity index (χ0v) is 16.3. The first kappa shape index (κ1) is 18.7. The van der Waals surface area contributed by atoms with Gasteiger partial charge in [-0.1, -0.05) is 40.8 Å². The Balaban J connectivity index is 1.88. The summed E-state index contributed by atoms with van der Waals surface area (Å²) in [6.45, 7) is 0. The van der Waals surface area contributed by atoms with E-state index in [-0.39, 0.29) is 33.9 Å². The highest BCUT2D eigenvalue weighted by Gasteiger charge is 2.34. The molecule has 1 atom stereocenters. The lowest BCUT2D eigenvalue weighted by Crippen LogP contribution is -2.25. The molecule has 140 valence electrons. The minimum atomic E-state index is -0.444. The molecule has 0 fully saturated rings. The van der Waals surface area contributed by atoms with Crippen molar-refractivity contribution in [1.82, 2.24) is 9.78 Å². The van der Waals surface area contributed by atoms with Gasteiger partial charge in [0.2, 0.25) is 5.91 Å². The van der Waals surface area contributed by atoms with Crippen LogP contribution in [0.5, 0.6) is 11.5 Å². The fourth-order valence-corrected chi connectivity index (χ4v) is 4.19. The number of carbonyl (C=O) groups excluding carboxylic acids is 1. The summed E-state index contributed by atoms with van der Waals surface area (Å²) in [5.74, 6) is -0.168. The van der Waals surface area contributed by atoms with Crippen LogP contribution in [0.1, 0.15) is 23.5 Å². The minimum absolute atomic E-state index is 0.111. The third-order valence-corrected chi connectivity index (χ3v) is 5.39. The molecule has 6 nitrogen and oxygen atoms in total. The molecule has 2 radical (unpaired) electrons. The molecule has 0 aliphatic carbocycles. The molecule has 1 aromatic heterocycles. The lowest BCUT2D eigenvalue weighted by molar-refractivity contribution is -0.116. The molecule has 1 aliphatic rings. The Bertz CT molecular complexity index is 1080. The zero-order chi connectivity index (χ0) is 20.0. The van der Waals surface area contributed by atoms with E-state index in [1.807, 2.05) is 12.1 Å². The monoisotopic (exact) mass is 413 g/mol. The Morgan fingerprint density at radius 2 is 2.04 bits per heavy atom. The van der Waals surface area contributed by atoms with Crippen molar-refractivity contribution in [3.63, 3.8) is 0 Å². The summed E-state index contributed by atoms with van der Waals surface area (Å²) in [6, 6.07) is 8.48. The van der Waals surface area contributed by atoms with Crippen LogP contribution in [0.3, 0.4) is 0 Å². The second-order valence-corrected chi connectivity index (χ2v) is 7.18. The number of amides is 1. The summed E-state index contributed by atoms with van der Waals surface area (Å²) in [5, 5.41) is 17.7. The van der Waals surface area contributed by atoms with E-state index in [2.05, 4.69) is 10.4 Å². The van der Waals surface area contributed by atoms with Gasteiger partial charge < -0.3 is 15.2 Å². The number of rotatable bonds is 3. The number of hydrogen-bond donors (Lipinski definition) is 2. The van der Waals surface area contributed by atoms with E-state index in [0.717, 1.165) is 11.3 Å². The van der Waals surface area contributed by atoms with Crippen molar-refractivity contribution >= 4 is 48.2 Å². The number of benzene rings is 2. The number of carbonyl (C=O) groups is 1. The summed E-state index contributed by atoms with van der Waals surface area (Å²) in [4.78, 5) is 12.5. The van der Waals surface area contributed by atoms with Crippen LogP contribution in [-0.4, -0.2) is 35.8 Å². The summed E-state index contributed by atoms with van der Waals surface area (Å²) in [6.07, 6.45) is 1.80. The maximum absolute atomic E-state index is 12.5. The molecule has 9 heteroatoms. The average Bonchev–Trinajstić information content (AvgIpc) is 3.06. The van der Waals surface area contributed by atoms with Crippen LogP contribution >= 0.6 is 23.2 Å². The number of halogens is 2. The van der Waals surface area contributed by atoms with Crippen molar-refractivity contribution in [2.75, 3.05) is 12.4 Å². The summed E-state index contributed by atoms with van der Waals surface area (Å²) < 4.78 is 6.81. The van der Waals surface area contributed by atoms with Gasteiger partial charge in [-0.15, -0.1) is 0 Å². The third-order valence-electron chi connectivity index (χ3n) is 4.70. The molecule has 0 saturated heterocycles. The Hall–Kier alpha value is -2.64. The van der Waals surface area contributed by atoms with Gasteiger partial charge in [0.15, 0.2) is 11.5 Å². The van der Waals surface area contributed by atoms with Gasteiger partial charge in [0.25, 0.3) is 0 Å². The van der Waals surface area contributed by atoms with Crippen LogP contribution in [0.25, 0.3) is 5.69 Å². The number of nitrogens with zero attached hydrogens (tertiary/aromatic N) is 2. The predicted octanol–water partition coefficient (Wildman–Crippen LogP) is 3.16. The van der Waals surface area contributed by atoms with E-state index in [1.54, 1.807) is 23.0 Å².